The summed E-state index contributed by atoms with van der Waals surface area (Å²) in [5, 5.41) is 13.4. The molecule has 0 radical (unpaired) electrons. The molecule has 3 N–H and O–H groups in total. The number of rotatable bonds is 15. The van der Waals surface area contributed by atoms with Gasteiger partial charge in [0.05, 0.1) is 16.7 Å². The van der Waals surface area contributed by atoms with Gasteiger partial charge in [-0.1, -0.05) is 44.4 Å². The topological polar surface area (TPSA) is 117 Å². The molecule has 39 heavy (non-hydrogen) atoms. The standard InChI is InChI=1S/C30H36N4O4S/c1-2-3-4-5-8-27-22-38-30(33-27)24-11-15-28(16-12-24)39(36,37)34-26-13-9-23(10-14-26)17-19-32-21-29(35)25-7-6-18-31-20-25/h6-7,9-16,18,20,22,29,32,34-35H,2-5,8,17,19,21H2,1H3. The van der Waals surface area contributed by atoms with Crippen LogP contribution < -0.4 is 10.0 Å². The van der Waals surface area contributed by atoms with Crippen LogP contribution in [0.5, 0.6) is 0 Å². The molecule has 0 aliphatic rings. The van der Waals surface area contributed by atoms with Crippen LogP contribution in [-0.4, -0.2) is 36.6 Å². The lowest BCUT2D eigenvalue weighted by molar-refractivity contribution is 0.174. The molecule has 0 amide bonds. The number of pyridine rings is 1. The predicted octanol–water partition coefficient (Wildman–Crippen LogP) is 5.53. The molecule has 2 heterocycles. The van der Waals surface area contributed by atoms with Gasteiger partial charge < -0.3 is 14.8 Å². The number of nitrogens with zero attached hydrogens (tertiary/aromatic N) is 2. The van der Waals surface area contributed by atoms with E-state index in [0.29, 0.717) is 24.7 Å². The number of nitrogens with one attached hydrogen (secondary N) is 2. The van der Waals surface area contributed by atoms with E-state index in [-0.39, 0.29) is 4.90 Å². The number of aliphatic hydroxyl groups is 1. The van der Waals surface area contributed by atoms with Crippen LogP contribution >= 0.6 is 0 Å². The summed E-state index contributed by atoms with van der Waals surface area (Å²) < 4.78 is 34.1. The first kappa shape index (κ1) is 28.5. The van der Waals surface area contributed by atoms with Crippen LogP contribution in [0, 0.1) is 0 Å². The third kappa shape index (κ3) is 8.48. The summed E-state index contributed by atoms with van der Waals surface area (Å²) in [5.74, 6) is 0.495. The monoisotopic (exact) mass is 548 g/mol. The summed E-state index contributed by atoms with van der Waals surface area (Å²) in [7, 11) is -3.74. The largest absolute Gasteiger partial charge is 0.444 e. The number of oxazole rings is 1. The van der Waals surface area contributed by atoms with E-state index in [9.17, 15) is 13.5 Å². The van der Waals surface area contributed by atoms with Gasteiger partial charge in [-0.05, 0) is 73.8 Å². The fraction of sp³-hybridized carbons (Fsp3) is 0.333. The number of hydrogen-bond donors (Lipinski definition) is 3. The zero-order chi connectivity index (χ0) is 27.5. The molecule has 1 atom stereocenters. The van der Waals surface area contributed by atoms with Crippen LogP contribution in [-0.2, 0) is 22.9 Å². The van der Waals surface area contributed by atoms with Gasteiger partial charge in [-0.3, -0.25) is 9.71 Å². The highest BCUT2D eigenvalue weighted by molar-refractivity contribution is 7.92. The Kier molecular flexibility index (Phi) is 10.2. The second-order valence-corrected chi connectivity index (χ2v) is 11.2. The number of aromatic nitrogens is 2. The molecule has 0 aliphatic heterocycles. The zero-order valence-corrected chi connectivity index (χ0v) is 23.0. The first-order valence-corrected chi connectivity index (χ1v) is 14.9. The van der Waals surface area contributed by atoms with Crippen molar-refractivity contribution in [3.05, 3.63) is 96.1 Å². The van der Waals surface area contributed by atoms with E-state index in [2.05, 4.69) is 26.9 Å². The number of hydrogen-bond acceptors (Lipinski definition) is 7. The van der Waals surface area contributed by atoms with Crippen LogP contribution in [0.3, 0.4) is 0 Å². The Bertz CT molecular complexity index is 1390. The Morgan fingerprint density at radius 3 is 2.49 bits per heavy atom. The number of benzene rings is 2. The average Bonchev–Trinajstić information content (AvgIpc) is 3.44. The molecule has 2 aromatic carbocycles. The Morgan fingerprint density at radius 1 is 0.974 bits per heavy atom. The van der Waals surface area contributed by atoms with Gasteiger partial charge >= 0.3 is 0 Å². The summed E-state index contributed by atoms with van der Waals surface area (Å²) in [6.45, 7) is 3.29. The van der Waals surface area contributed by atoms with Crippen LogP contribution in [0.1, 0.15) is 55.5 Å². The Morgan fingerprint density at radius 2 is 1.77 bits per heavy atom. The van der Waals surface area contributed by atoms with E-state index < -0.39 is 16.1 Å². The molecule has 0 aliphatic carbocycles. The maximum absolute atomic E-state index is 12.9. The van der Waals surface area contributed by atoms with Crippen molar-refractivity contribution in [1.82, 2.24) is 15.3 Å². The van der Waals surface area contributed by atoms with Crippen molar-refractivity contribution in [3.8, 4) is 11.5 Å². The number of aryl methyl sites for hydroxylation is 1. The molecule has 1 unspecified atom stereocenters. The van der Waals surface area contributed by atoms with Crippen molar-refractivity contribution >= 4 is 15.7 Å². The van der Waals surface area contributed by atoms with Crippen LogP contribution in [0.15, 0.2) is 88.6 Å². The van der Waals surface area contributed by atoms with Gasteiger partial charge in [-0.2, -0.15) is 0 Å². The molecule has 2 aromatic heterocycles. The van der Waals surface area contributed by atoms with E-state index in [0.717, 1.165) is 41.6 Å². The van der Waals surface area contributed by atoms with Gasteiger partial charge in [0.25, 0.3) is 10.0 Å². The molecule has 0 saturated carbocycles. The minimum Gasteiger partial charge on any atom is -0.444 e. The summed E-state index contributed by atoms with van der Waals surface area (Å²) >= 11 is 0. The van der Waals surface area contributed by atoms with Gasteiger partial charge in [0.1, 0.15) is 6.26 Å². The number of sulfonamides is 1. The molecule has 4 aromatic rings. The minimum absolute atomic E-state index is 0.165. The van der Waals surface area contributed by atoms with Gasteiger partial charge in [-0.15, -0.1) is 0 Å². The molecule has 0 bridgehead atoms. The molecular weight excluding hydrogens is 512 g/mol. The summed E-state index contributed by atoms with van der Waals surface area (Å²) in [6.07, 6.45) is 10.7. The van der Waals surface area contributed by atoms with Crippen molar-refractivity contribution < 1.29 is 17.9 Å². The summed E-state index contributed by atoms with van der Waals surface area (Å²) in [6, 6.07) is 17.5. The van der Waals surface area contributed by atoms with Crippen molar-refractivity contribution in [2.24, 2.45) is 0 Å². The van der Waals surface area contributed by atoms with E-state index in [1.807, 2.05) is 18.2 Å². The minimum atomic E-state index is -3.74. The number of anilines is 1. The number of unbranched alkanes of at least 4 members (excludes halogenated alkanes) is 3. The van der Waals surface area contributed by atoms with E-state index in [1.54, 1.807) is 61.1 Å². The molecule has 4 rings (SSSR count). The van der Waals surface area contributed by atoms with E-state index in [4.69, 9.17) is 4.42 Å². The lowest BCUT2D eigenvalue weighted by Gasteiger charge is -2.12. The Hall–Kier alpha value is -3.53. The highest BCUT2D eigenvalue weighted by Gasteiger charge is 2.15. The maximum Gasteiger partial charge on any atom is 0.261 e. The smallest absolute Gasteiger partial charge is 0.261 e. The van der Waals surface area contributed by atoms with Crippen molar-refractivity contribution in [1.29, 1.82) is 0 Å². The fourth-order valence-corrected chi connectivity index (χ4v) is 5.24. The third-order valence-electron chi connectivity index (χ3n) is 6.45. The second kappa shape index (κ2) is 14.0. The SMILES string of the molecule is CCCCCCc1coc(-c2ccc(S(=O)(=O)Nc3ccc(CCNCC(O)c4cccnc4)cc3)cc2)n1. The van der Waals surface area contributed by atoms with Gasteiger partial charge in [0.2, 0.25) is 5.89 Å². The van der Waals surface area contributed by atoms with E-state index >= 15 is 0 Å². The maximum atomic E-state index is 12.9. The molecule has 0 spiro atoms. The van der Waals surface area contributed by atoms with Crippen LogP contribution in [0.2, 0.25) is 0 Å². The summed E-state index contributed by atoms with van der Waals surface area (Å²) in [5.41, 5.74) is 3.97. The van der Waals surface area contributed by atoms with Gasteiger partial charge in [-0.25, -0.2) is 13.4 Å². The Labute approximate surface area is 230 Å². The normalized spacial score (nSPS) is 12.4. The highest BCUT2D eigenvalue weighted by atomic mass is 32.2. The van der Waals surface area contributed by atoms with Crippen molar-refractivity contribution in [2.45, 2.75) is 56.4 Å². The molecule has 206 valence electrons. The lowest BCUT2D eigenvalue weighted by Crippen LogP contribution is -2.23. The van der Waals surface area contributed by atoms with Gasteiger partial charge in [0.15, 0.2) is 0 Å². The molecule has 9 heteroatoms. The zero-order valence-electron chi connectivity index (χ0n) is 22.2. The first-order valence-electron chi connectivity index (χ1n) is 13.4. The third-order valence-corrected chi connectivity index (χ3v) is 7.85. The summed E-state index contributed by atoms with van der Waals surface area (Å²) in [4.78, 5) is 8.73. The van der Waals surface area contributed by atoms with Crippen molar-refractivity contribution in [2.75, 3.05) is 17.8 Å². The number of aliphatic hydroxyl groups excluding tert-OH is 1. The van der Waals surface area contributed by atoms with Gasteiger partial charge in [0, 0.05) is 35.8 Å². The Balaban J connectivity index is 1.26. The van der Waals surface area contributed by atoms with Crippen LogP contribution in [0.4, 0.5) is 5.69 Å². The first-order chi connectivity index (χ1) is 18.9. The van der Waals surface area contributed by atoms with Crippen molar-refractivity contribution in [3.63, 3.8) is 0 Å². The fourth-order valence-electron chi connectivity index (χ4n) is 4.18. The average molecular weight is 549 g/mol. The quantitative estimate of drug-likeness (QED) is 0.167. The molecular formula is C30H36N4O4S. The van der Waals surface area contributed by atoms with E-state index in [1.165, 1.54) is 19.3 Å². The second-order valence-electron chi connectivity index (χ2n) is 9.54. The molecule has 0 fully saturated rings. The lowest BCUT2D eigenvalue weighted by atomic mass is 10.1. The van der Waals surface area contributed by atoms with Crippen LogP contribution in [0.25, 0.3) is 11.5 Å². The molecule has 8 nitrogen and oxygen atoms in total. The molecule has 0 saturated heterocycles. The highest BCUT2D eigenvalue weighted by Crippen LogP contribution is 2.23. The predicted molar refractivity (Wildman–Crippen MR) is 153 cm³/mol.